The van der Waals surface area contributed by atoms with Crippen LogP contribution in [0.5, 0.6) is 11.5 Å². The van der Waals surface area contributed by atoms with Crippen molar-refractivity contribution in [1.82, 2.24) is 0 Å². The molecule has 0 heterocycles. The Balaban J connectivity index is 1.66. The largest absolute Gasteiger partial charge is 0.497 e. The van der Waals surface area contributed by atoms with Crippen LogP contribution in [-0.4, -0.2) is 14.2 Å². The maximum absolute atomic E-state index is 5.45. The number of hydrogen-bond acceptors (Lipinski definition) is 2. The third-order valence-corrected chi connectivity index (χ3v) is 4.05. The second kappa shape index (κ2) is 7.16. The number of rotatable bonds is 6. The van der Waals surface area contributed by atoms with Crippen molar-refractivity contribution in [2.24, 2.45) is 0 Å². The van der Waals surface area contributed by atoms with Crippen molar-refractivity contribution in [2.45, 2.75) is 13.1 Å². The number of fused-ring (bicyclic) bond motifs is 1. The average molecular weight is 308 g/mol. The maximum atomic E-state index is 5.45. The maximum Gasteiger partial charge on any atom is 0.131 e. The van der Waals surface area contributed by atoms with Gasteiger partial charge in [0.15, 0.2) is 0 Å². The lowest BCUT2D eigenvalue weighted by molar-refractivity contribution is -0.686. The molecule has 0 aliphatic carbocycles. The lowest BCUT2D eigenvalue weighted by Gasteiger charge is -2.10. The van der Waals surface area contributed by atoms with Gasteiger partial charge < -0.3 is 14.8 Å². The number of nitrogens with two attached hydrogens (primary N) is 1. The van der Waals surface area contributed by atoms with Gasteiger partial charge in [-0.05, 0) is 29.0 Å². The van der Waals surface area contributed by atoms with E-state index in [1.807, 2.05) is 12.1 Å². The van der Waals surface area contributed by atoms with E-state index >= 15 is 0 Å². The van der Waals surface area contributed by atoms with Crippen molar-refractivity contribution >= 4 is 10.8 Å². The SMILES string of the molecule is COc1ccc(C[NH2+]Cc2ccc3ccccc3c2)c(OC)c1. The molecule has 0 unspecified atom stereocenters. The van der Waals surface area contributed by atoms with Crippen LogP contribution in [0.15, 0.2) is 60.7 Å². The van der Waals surface area contributed by atoms with E-state index in [1.165, 1.54) is 21.9 Å². The van der Waals surface area contributed by atoms with Gasteiger partial charge in [0.2, 0.25) is 0 Å². The molecule has 3 rings (SSSR count). The molecule has 3 nitrogen and oxygen atoms in total. The molecule has 3 aromatic rings. The Hall–Kier alpha value is -2.52. The van der Waals surface area contributed by atoms with Gasteiger partial charge in [-0.25, -0.2) is 0 Å². The zero-order valence-electron chi connectivity index (χ0n) is 13.6. The highest BCUT2D eigenvalue weighted by molar-refractivity contribution is 5.82. The molecule has 0 bridgehead atoms. The Bertz CT molecular complexity index is 799. The second-order valence-electron chi connectivity index (χ2n) is 5.56. The van der Waals surface area contributed by atoms with E-state index < -0.39 is 0 Å². The molecule has 0 aliphatic heterocycles. The highest BCUT2D eigenvalue weighted by Crippen LogP contribution is 2.23. The van der Waals surface area contributed by atoms with Crippen molar-refractivity contribution in [1.29, 1.82) is 0 Å². The van der Waals surface area contributed by atoms with Crippen LogP contribution < -0.4 is 14.8 Å². The van der Waals surface area contributed by atoms with E-state index in [0.29, 0.717) is 0 Å². The molecular weight excluding hydrogens is 286 g/mol. The predicted octanol–water partition coefficient (Wildman–Crippen LogP) is 3.12. The van der Waals surface area contributed by atoms with E-state index in [-0.39, 0.29) is 0 Å². The first-order chi connectivity index (χ1) is 11.3. The first kappa shape index (κ1) is 15.4. The number of benzene rings is 3. The minimum absolute atomic E-state index is 0.820. The lowest BCUT2D eigenvalue weighted by atomic mass is 10.1. The predicted molar refractivity (Wildman–Crippen MR) is 92.8 cm³/mol. The molecule has 118 valence electrons. The zero-order valence-corrected chi connectivity index (χ0v) is 13.6. The minimum Gasteiger partial charge on any atom is -0.497 e. The van der Waals surface area contributed by atoms with Crippen LogP contribution >= 0.6 is 0 Å². The number of hydrogen-bond donors (Lipinski definition) is 1. The molecule has 0 saturated heterocycles. The summed E-state index contributed by atoms with van der Waals surface area (Å²) in [5.41, 5.74) is 2.50. The highest BCUT2D eigenvalue weighted by atomic mass is 16.5. The molecule has 0 aliphatic rings. The van der Waals surface area contributed by atoms with Crippen molar-refractivity contribution < 1.29 is 14.8 Å². The van der Waals surface area contributed by atoms with Gasteiger partial charge in [0, 0.05) is 17.2 Å². The van der Waals surface area contributed by atoms with Gasteiger partial charge in [-0.3, -0.25) is 0 Å². The monoisotopic (exact) mass is 308 g/mol. The third kappa shape index (κ3) is 3.63. The average Bonchev–Trinajstić information content (AvgIpc) is 2.61. The van der Waals surface area contributed by atoms with Gasteiger partial charge in [-0.15, -0.1) is 0 Å². The first-order valence-electron chi connectivity index (χ1n) is 7.80. The van der Waals surface area contributed by atoms with Crippen molar-refractivity contribution in [3.05, 3.63) is 71.8 Å². The Labute approximate surface area is 136 Å². The Morgan fingerprint density at radius 2 is 1.61 bits per heavy atom. The molecular formula is C20H22NO2+. The molecule has 0 spiro atoms. The van der Waals surface area contributed by atoms with E-state index in [1.54, 1.807) is 14.2 Å². The standard InChI is InChI=1S/C20H21NO2/c1-22-19-10-9-18(20(12-19)23-2)14-21-13-15-7-8-16-5-3-4-6-17(16)11-15/h3-12,21H,13-14H2,1-2H3/p+1. The van der Waals surface area contributed by atoms with Crippen LogP contribution in [0.1, 0.15) is 11.1 Å². The summed E-state index contributed by atoms with van der Waals surface area (Å²) >= 11 is 0. The Kier molecular flexibility index (Phi) is 4.79. The van der Waals surface area contributed by atoms with Crippen molar-refractivity contribution in [3.8, 4) is 11.5 Å². The molecule has 2 N–H and O–H groups in total. The topological polar surface area (TPSA) is 35.1 Å². The van der Waals surface area contributed by atoms with Gasteiger partial charge in [0.05, 0.1) is 14.2 Å². The molecule has 23 heavy (non-hydrogen) atoms. The van der Waals surface area contributed by atoms with Gasteiger partial charge >= 0.3 is 0 Å². The van der Waals surface area contributed by atoms with Gasteiger partial charge in [-0.1, -0.05) is 36.4 Å². The molecule has 0 atom stereocenters. The van der Waals surface area contributed by atoms with Crippen LogP contribution in [-0.2, 0) is 13.1 Å². The summed E-state index contributed by atoms with van der Waals surface area (Å²) in [6.45, 7) is 1.82. The lowest BCUT2D eigenvalue weighted by Crippen LogP contribution is -2.80. The molecule has 0 saturated carbocycles. The quantitative estimate of drug-likeness (QED) is 0.759. The number of ether oxygens (including phenoxy) is 2. The van der Waals surface area contributed by atoms with Gasteiger partial charge in [0.25, 0.3) is 0 Å². The summed E-state index contributed by atoms with van der Waals surface area (Å²) in [5, 5.41) is 4.86. The van der Waals surface area contributed by atoms with E-state index in [9.17, 15) is 0 Å². The molecule has 3 heteroatoms. The summed E-state index contributed by atoms with van der Waals surface area (Å²) in [6, 6.07) is 21.1. The normalized spacial score (nSPS) is 10.7. The van der Waals surface area contributed by atoms with Crippen LogP contribution in [0, 0.1) is 0 Å². The van der Waals surface area contributed by atoms with E-state index in [4.69, 9.17) is 9.47 Å². The number of quaternary nitrogens is 1. The summed E-state index contributed by atoms with van der Waals surface area (Å²) < 4.78 is 10.7. The Morgan fingerprint density at radius 3 is 2.39 bits per heavy atom. The molecule has 0 amide bonds. The number of methoxy groups -OCH3 is 2. The van der Waals surface area contributed by atoms with E-state index in [2.05, 4.69) is 53.8 Å². The minimum atomic E-state index is 0.820. The highest BCUT2D eigenvalue weighted by Gasteiger charge is 2.07. The first-order valence-corrected chi connectivity index (χ1v) is 7.80. The fraction of sp³-hybridized carbons (Fsp3) is 0.200. The fourth-order valence-corrected chi connectivity index (χ4v) is 2.78. The second-order valence-corrected chi connectivity index (χ2v) is 5.56. The molecule has 0 aromatic heterocycles. The molecule has 3 aromatic carbocycles. The smallest absolute Gasteiger partial charge is 0.131 e. The summed E-state index contributed by atoms with van der Waals surface area (Å²) in [6.07, 6.45) is 0. The van der Waals surface area contributed by atoms with Crippen LogP contribution in [0.4, 0.5) is 0 Å². The van der Waals surface area contributed by atoms with E-state index in [0.717, 1.165) is 24.6 Å². The van der Waals surface area contributed by atoms with Crippen LogP contribution in [0.3, 0.4) is 0 Å². The third-order valence-electron chi connectivity index (χ3n) is 4.05. The van der Waals surface area contributed by atoms with Crippen molar-refractivity contribution in [3.63, 3.8) is 0 Å². The molecule has 0 fully saturated rings. The fourth-order valence-electron chi connectivity index (χ4n) is 2.78. The summed E-state index contributed by atoms with van der Waals surface area (Å²) in [4.78, 5) is 0. The van der Waals surface area contributed by atoms with Gasteiger partial charge in [0.1, 0.15) is 24.6 Å². The Morgan fingerprint density at radius 1 is 0.783 bits per heavy atom. The van der Waals surface area contributed by atoms with Crippen molar-refractivity contribution in [2.75, 3.05) is 14.2 Å². The van der Waals surface area contributed by atoms with Gasteiger partial charge in [-0.2, -0.15) is 0 Å². The summed E-state index contributed by atoms with van der Waals surface area (Å²) in [5.74, 6) is 1.69. The zero-order chi connectivity index (χ0) is 16.1. The summed E-state index contributed by atoms with van der Waals surface area (Å²) in [7, 11) is 3.36. The molecule has 0 radical (unpaired) electrons. The van der Waals surface area contributed by atoms with Crippen LogP contribution in [0.2, 0.25) is 0 Å². The van der Waals surface area contributed by atoms with Crippen LogP contribution in [0.25, 0.3) is 10.8 Å².